The third-order valence-electron chi connectivity index (χ3n) is 4.38. The van der Waals surface area contributed by atoms with E-state index >= 15 is 0 Å². The minimum Gasteiger partial charge on any atom is -0.369 e. The molecule has 25 heavy (non-hydrogen) atoms. The molecule has 0 saturated carbocycles. The zero-order valence-corrected chi connectivity index (χ0v) is 15.0. The van der Waals surface area contributed by atoms with Crippen molar-refractivity contribution in [2.45, 2.75) is 57.5 Å². The van der Waals surface area contributed by atoms with Gasteiger partial charge >= 0.3 is 0 Å². The Morgan fingerprint density at radius 2 is 1.44 bits per heavy atom. The maximum Gasteiger partial charge on any atom is 0.176 e. The van der Waals surface area contributed by atoms with Crippen molar-refractivity contribution in [3.8, 4) is 11.8 Å². The summed E-state index contributed by atoms with van der Waals surface area (Å²) < 4.78 is 13.2. The largest absolute Gasteiger partial charge is 0.369 e. The first kappa shape index (κ1) is 19.2. The molecule has 0 unspecified atom stereocenters. The molecule has 2 aromatic rings. The van der Waals surface area contributed by atoms with Crippen molar-refractivity contribution < 1.29 is 9.50 Å². The Hall–Kier alpha value is -2.11. The van der Waals surface area contributed by atoms with Crippen LogP contribution in [-0.4, -0.2) is 5.11 Å². The van der Waals surface area contributed by atoms with Gasteiger partial charge in [0.1, 0.15) is 5.82 Å². The SMILES string of the molecule is CCCCCCCCC#C[C@](O)(c1ccccc1)c1ccc(F)cc1. The van der Waals surface area contributed by atoms with Gasteiger partial charge in [-0.1, -0.05) is 93.3 Å². The lowest BCUT2D eigenvalue weighted by Crippen LogP contribution is -2.25. The van der Waals surface area contributed by atoms with Crippen LogP contribution >= 0.6 is 0 Å². The summed E-state index contributed by atoms with van der Waals surface area (Å²) in [5, 5.41) is 11.2. The summed E-state index contributed by atoms with van der Waals surface area (Å²) in [6.07, 6.45) is 8.07. The van der Waals surface area contributed by atoms with Gasteiger partial charge in [0.2, 0.25) is 0 Å². The molecule has 2 aromatic carbocycles. The fourth-order valence-electron chi connectivity index (χ4n) is 2.87. The maximum atomic E-state index is 13.2. The van der Waals surface area contributed by atoms with E-state index in [1.807, 2.05) is 30.3 Å². The minimum absolute atomic E-state index is 0.320. The van der Waals surface area contributed by atoms with Crippen LogP contribution in [0.25, 0.3) is 0 Å². The van der Waals surface area contributed by atoms with Crippen molar-refractivity contribution in [1.29, 1.82) is 0 Å². The Labute approximate surface area is 150 Å². The molecular weight excluding hydrogens is 311 g/mol. The average molecular weight is 338 g/mol. The number of benzene rings is 2. The van der Waals surface area contributed by atoms with Crippen LogP contribution in [0.15, 0.2) is 54.6 Å². The fourth-order valence-corrected chi connectivity index (χ4v) is 2.87. The molecule has 0 bridgehead atoms. The molecule has 0 fully saturated rings. The van der Waals surface area contributed by atoms with Gasteiger partial charge in [0.15, 0.2) is 5.60 Å². The number of hydrogen-bond acceptors (Lipinski definition) is 1. The van der Waals surface area contributed by atoms with E-state index in [2.05, 4.69) is 18.8 Å². The van der Waals surface area contributed by atoms with E-state index in [0.717, 1.165) is 12.8 Å². The van der Waals surface area contributed by atoms with Gasteiger partial charge in [-0.05, 0) is 18.6 Å². The summed E-state index contributed by atoms with van der Waals surface area (Å²) in [6, 6.07) is 15.3. The molecule has 0 aromatic heterocycles. The van der Waals surface area contributed by atoms with Crippen molar-refractivity contribution in [2.24, 2.45) is 0 Å². The van der Waals surface area contributed by atoms with Crippen LogP contribution in [0, 0.1) is 17.7 Å². The summed E-state index contributed by atoms with van der Waals surface area (Å²) in [6.45, 7) is 2.21. The third kappa shape index (κ3) is 5.73. The summed E-state index contributed by atoms with van der Waals surface area (Å²) in [5.74, 6) is 5.85. The van der Waals surface area contributed by atoms with E-state index in [4.69, 9.17) is 0 Å². The first-order chi connectivity index (χ1) is 12.2. The van der Waals surface area contributed by atoms with Crippen molar-refractivity contribution in [2.75, 3.05) is 0 Å². The Kier molecular flexibility index (Phi) is 7.70. The van der Waals surface area contributed by atoms with Gasteiger partial charge < -0.3 is 5.11 Å². The van der Waals surface area contributed by atoms with Gasteiger partial charge in [0.05, 0.1) is 0 Å². The summed E-state index contributed by atoms with van der Waals surface area (Å²) >= 11 is 0. The summed E-state index contributed by atoms with van der Waals surface area (Å²) in [5.41, 5.74) is -0.107. The molecule has 0 aliphatic carbocycles. The van der Waals surface area contributed by atoms with Crippen LogP contribution in [0.3, 0.4) is 0 Å². The van der Waals surface area contributed by atoms with Crippen molar-refractivity contribution in [1.82, 2.24) is 0 Å². The molecule has 0 heterocycles. The van der Waals surface area contributed by atoms with Crippen LogP contribution < -0.4 is 0 Å². The van der Waals surface area contributed by atoms with Crippen LogP contribution in [0.2, 0.25) is 0 Å². The minimum atomic E-state index is -1.41. The highest BCUT2D eigenvalue weighted by molar-refractivity contribution is 5.44. The van der Waals surface area contributed by atoms with Gasteiger partial charge in [0.25, 0.3) is 0 Å². The van der Waals surface area contributed by atoms with Gasteiger partial charge in [-0.25, -0.2) is 4.39 Å². The topological polar surface area (TPSA) is 20.2 Å². The third-order valence-corrected chi connectivity index (χ3v) is 4.38. The molecule has 0 aliphatic rings. The molecule has 0 aliphatic heterocycles. The molecule has 1 atom stereocenters. The average Bonchev–Trinajstić information content (AvgIpc) is 2.65. The van der Waals surface area contributed by atoms with Crippen molar-refractivity contribution >= 4 is 0 Å². The summed E-state index contributed by atoms with van der Waals surface area (Å²) in [4.78, 5) is 0. The highest BCUT2D eigenvalue weighted by Crippen LogP contribution is 2.29. The number of aliphatic hydroxyl groups is 1. The number of hydrogen-bond donors (Lipinski definition) is 1. The molecule has 2 rings (SSSR count). The second-order valence-electron chi connectivity index (χ2n) is 6.40. The predicted molar refractivity (Wildman–Crippen MR) is 102 cm³/mol. The van der Waals surface area contributed by atoms with Gasteiger partial charge in [-0.2, -0.15) is 0 Å². The molecule has 1 N–H and O–H groups in total. The molecule has 0 amide bonds. The van der Waals surface area contributed by atoms with E-state index in [-0.39, 0.29) is 5.82 Å². The highest BCUT2D eigenvalue weighted by atomic mass is 19.1. The Bertz CT molecular complexity index is 682. The molecule has 0 radical (unpaired) electrons. The smallest absolute Gasteiger partial charge is 0.176 e. The normalized spacial score (nSPS) is 12.9. The highest BCUT2D eigenvalue weighted by Gasteiger charge is 2.29. The summed E-state index contributed by atoms with van der Waals surface area (Å²) in [7, 11) is 0. The zero-order valence-electron chi connectivity index (χ0n) is 15.0. The fraction of sp³-hybridized carbons (Fsp3) is 0.391. The van der Waals surface area contributed by atoms with Gasteiger partial charge in [0, 0.05) is 17.5 Å². The van der Waals surface area contributed by atoms with Gasteiger partial charge in [-0.3, -0.25) is 0 Å². The second-order valence-corrected chi connectivity index (χ2v) is 6.40. The molecule has 132 valence electrons. The van der Waals surface area contributed by atoms with E-state index in [9.17, 15) is 9.50 Å². The van der Waals surface area contributed by atoms with Crippen LogP contribution in [0.5, 0.6) is 0 Å². The molecule has 0 spiro atoms. The quantitative estimate of drug-likeness (QED) is 0.475. The van der Waals surface area contributed by atoms with E-state index < -0.39 is 5.60 Å². The van der Waals surface area contributed by atoms with Gasteiger partial charge in [-0.15, -0.1) is 0 Å². The molecule has 1 nitrogen and oxygen atoms in total. The van der Waals surface area contributed by atoms with Crippen LogP contribution in [-0.2, 0) is 5.60 Å². The second kappa shape index (κ2) is 10.0. The van der Waals surface area contributed by atoms with E-state index in [1.54, 1.807) is 12.1 Å². The van der Waals surface area contributed by atoms with E-state index in [0.29, 0.717) is 11.1 Å². The lowest BCUT2D eigenvalue weighted by atomic mass is 9.86. The Morgan fingerprint density at radius 3 is 2.12 bits per heavy atom. The van der Waals surface area contributed by atoms with E-state index in [1.165, 1.54) is 44.2 Å². The lowest BCUT2D eigenvalue weighted by molar-refractivity contribution is 0.145. The Balaban J connectivity index is 2.09. The number of halogens is 1. The van der Waals surface area contributed by atoms with Crippen molar-refractivity contribution in [3.63, 3.8) is 0 Å². The van der Waals surface area contributed by atoms with Crippen LogP contribution in [0.1, 0.15) is 63.0 Å². The van der Waals surface area contributed by atoms with Crippen LogP contribution in [0.4, 0.5) is 4.39 Å². The first-order valence-electron chi connectivity index (χ1n) is 9.21. The molecule has 0 saturated heterocycles. The maximum absolute atomic E-state index is 13.2. The van der Waals surface area contributed by atoms with Crippen molar-refractivity contribution in [3.05, 3.63) is 71.5 Å². The zero-order chi connectivity index (χ0) is 18.0. The predicted octanol–water partition coefficient (Wildman–Crippen LogP) is 5.82. The lowest BCUT2D eigenvalue weighted by Gasteiger charge is -2.23. The molecule has 2 heteroatoms. The number of unbranched alkanes of at least 4 members (excludes halogenated alkanes) is 6. The molecular formula is C23H27FO. The number of rotatable bonds is 8. The Morgan fingerprint density at radius 1 is 0.840 bits per heavy atom. The monoisotopic (exact) mass is 338 g/mol. The standard InChI is InChI=1S/C23H27FO/c1-2-3-4-5-6-7-8-12-19-23(25,20-13-10-9-11-14-20)21-15-17-22(24)18-16-21/h9-11,13-18,25H,2-8H2,1H3/t23-/m0/s1. The first-order valence-corrected chi connectivity index (χ1v) is 9.21.